The van der Waals surface area contributed by atoms with Crippen LogP contribution in [0.15, 0.2) is 24.3 Å². The fourth-order valence-corrected chi connectivity index (χ4v) is 2.47. The van der Waals surface area contributed by atoms with Gasteiger partial charge in [0.05, 0.1) is 0 Å². The quantitative estimate of drug-likeness (QED) is 0.915. The van der Waals surface area contributed by atoms with E-state index in [9.17, 15) is 14.7 Å². The third-order valence-corrected chi connectivity index (χ3v) is 3.86. The number of aliphatic carboxylic acids is 1. The Morgan fingerprint density at radius 2 is 2.05 bits per heavy atom. The highest BCUT2D eigenvalue weighted by Gasteiger charge is 2.53. The van der Waals surface area contributed by atoms with Gasteiger partial charge < -0.3 is 9.84 Å². The minimum Gasteiger partial charge on any atom is -0.478 e. The molecule has 0 heterocycles. The van der Waals surface area contributed by atoms with Crippen LogP contribution in [0.1, 0.15) is 36.8 Å². The van der Waals surface area contributed by atoms with Crippen molar-refractivity contribution in [3.05, 3.63) is 35.4 Å². The van der Waals surface area contributed by atoms with Gasteiger partial charge in [0.15, 0.2) is 5.78 Å². The number of rotatable bonds is 4. The van der Waals surface area contributed by atoms with Gasteiger partial charge in [-0.1, -0.05) is 12.1 Å². The van der Waals surface area contributed by atoms with E-state index in [0.29, 0.717) is 31.4 Å². The summed E-state index contributed by atoms with van der Waals surface area (Å²) in [6.07, 6.45) is 3.92. The second kappa shape index (κ2) is 4.47. The van der Waals surface area contributed by atoms with Gasteiger partial charge in [-0.05, 0) is 36.6 Å². The van der Waals surface area contributed by atoms with Crippen molar-refractivity contribution in [1.29, 1.82) is 0 Å². The SMILES string of the molecule is Cc1ccc(C2=CC(=O)CC2)c(OC2(C(=O)O)CC2)c1. The Kier molecular flexibility index (Phi) is 2.89. The van der Waals surface area contributed by atoms with Crippen molar-refractivity contribution < 1.29 is 19.4 Å². The Morgan fingerprint density at radius 3 is 2.60 bits per heavy atom. The van der Waals surface area contributed by atoms with E-state index in [4.69, 9.17) is 4.74 Å². The number of carbonyl (C=O) groups is 2. The molecule has 0 radical (unpaired) electrons. The van der Waals surface area contributed by atoms with Gasteiger partial charge in [-0.15, -0.1) is 0 Å². The van der Waals surface area contributed by atoms with E-state index in [1.807, 2.05) is 25.1 Å². The lowest BCUT2D eigenvalue weighted by atomic mass is 10.0. The summed E-state index contributed by atoms with van der Waals surface area (Å²) in [5, 5.41) is 9.24. The van der Waals surface area contributed by atoms with Crippen LogP contribution in [-0.4, -0.2) is 22.5 Å². The summed E-state index contributed by atoms with van der Waals surface area (Å²) in [5.41, 5.74) is 1.72. The number of carbonyl (C=O) groups excluding carboxylic acids is 1. The van der Waals surface area contributed by atoms with Crippen LogP contribution in [0.25, 0.3) is 5.57 Å². The zero-order valence-corrected chi connectivity index (χ0v) is 11.3. The number of carboxylic acid groups (broad SMARTS) is 1. The number of carboxylic acids is 1. The molecule has 4 nitrogen and oxygen atoms in total. The highest BCUT2D eigenvalue weighted by atomic mass is 16.5. The van der Waals surface area contributed by atoms with Gasteiger partial charge in [-0.25, -0.2) is 4.79 Å². The molecule has 0 aromatic heterocycles. The molecule has 0 saturated heterocycles. The Morgan fingerprint density at radius 1 is 1.30 bits per heavy atom. The second-order valence-corrected chi connectivity index (χ2v) is 5.54. The first-order valence-electron chi connectivity index (χ1n) is 6.77. The molecular weight excluding hydrogens is 256 g/mol. The van der Waals surface area contributed by atoms with Crippen LogP contribution in [0.5, 0.6) is 5.75 Å². The Labute approximate surface area is 117 Å². The van der Waals surface area contributed by atoms with Crippen molar-refractivity contribution >= 4 is 17.3 Å². The average Bonchev–Trinajstić information content (AvgIpc) is 3.05. The molecule has 2 aliphatic rings. The van der Waals surface area contributed by atoms with Crippen LogP contribution in [0, 0.1) is 6.92 Å². The van der Waals surface area contributed by atoms with Crippen molar-refractivity contribution in [2.45, 2.75) is 38.2 Å². The largest absolute Gasteiger partial charge is 0.478 e. The van der Waals surface area contributed by atoms with Gasteiger partial charge in [-0.2, -0.15) is 0 Å². The maximum absolute atomic E-state index is 11.4. The number of ether oxygens (including phenoxy) is 1. The van der Waals surface area contributed by atoms with Gasteiger partial charge >= 0.3 is 5.97 Å². The van der Waals surface area contributed by atoms with Crippen LogP contribution in [-0.2, 0) is 9.59 Å². The predicted octanol–water partition coefficient (Wildman–Crippen LogP) is 2.74. The Hall–Kier alpha value is -2.10. The maximum atomic E-state index is 11.4. The van der Waals surface area contributed by atoms with E-state index >= 15 is 0 Å². The van der Waals surface area contributed by atoms with Gasteiger partial charge in [0.25, 0.3) is 0 Å². The third-order valence-electron chi connectivity index (χ3n) is 3.86. The molecule has 0 aliphatic heterocycles. The van der Waals surface area contributed by atoms with E-state index in [2.05, 4.69) is 0 Å². The molecule has 0 spiro atoms. The number of benzene rings is 1. The molecule has 1 aromatic rings. The molecule has 0 atom stereocenters. The fourth-order valence-electron chi connectivity index (χ4n) is 2.47. The summed E-state index contributed by atoms with van der Waals surface area (Å²) < 4.78 is 5.78. The van der Waals surface area contributed by atoms with Crippen LogP contribution in [0.2, 0.25) is 0 Å². The van der Waals surface area contributed by atoms with Crippen molar-refractivity contribution in [1.82, 2.24) is 0 Å². The standard InChI is InChI=1S/C16H16O4/c1-10-2-5-13(11-3-4-12(17)9-11)14(8-10)20-16(6-7-16)15(18)19/h2,5,8-9H,3-4,6-7H2,1H3,(H,18,19). The van der Waals surface area contributed by atoms with E-state index < -0.39 is 11.6 Å². The minimum absolute atomic E-state index is 0.117. The van der Waals surface area contributed by atoms with Gasteiger partial charge in [0.2, 0.25) is 5.60 Å². The monoisotopic (exact) mass is 272 g/mol. The van der Waals surface area contributed by atoms with Crippen molar-refractivity contribution in [2.75, 3.05) is 0 Å². The first-order valence-corrected chi connectivity index (χ1v) is 6.77. The molecule has 0 unspecified atom stereocenters. The third kappa shape index (κ3) is 2.22. The molecular formula is C16H16O4. The van der Waals surface area contributed by atoms with Crippen molar-refractivity contribution in [3.63, 3.8) is 0 Å². The summed E-state index contributed by atoms with van der Waals surface area (Å²) >= 11 is 0. The Balaban J connectivity index is 1.97. The van der Waals surface area contributed by atoms with E-state index in [-0.39, 0.29) is 5.78 Å². The summed E-state index contributed by atoms with van der Waals surface area (Å²) in [6.45, 7) is 1.94. The smallest absolute Gasteiger partial charge is 0.348 e. The molecule has 3 rings (SSSR count). The molecule has 0 amide bonds. The number of ketones is 1. The predicted molar refractivity (Wildman–Crippen MR) is 73.6 cm³/mol. The highest BCUT2D eigenvalue weighted by molar-refractivity contribution is 6.02. The zero-order valence-electron chi connectivity index (χ0n) is 11.3. The molecule has 1 fully saturated rings. The van der Waals surface area contributed by atoms with Crippen LogP contribution in [0.3, 0.4) is 0 Å². The summed E-state index contributed by atoms with van der Waals surface area (Å²) in [7, 11) is 0. The molecule has 0 bridgehead atoms. The number of hydrogen-bond acceptors (Lipinski definition) is 3. The second-order valence-electron chi connectivity index (χ2n) is 5.54. The maximum Gasteiger partial charge on any atom is 0.348 e. The van der Waals surface area contributed by atoms with Crippen molar-refractivity contribution in [2.24, 2.45) is 0 Å². The number of allylic oxidation sites excluding steroid dienone is 2. The van der Waals surface area contributed by atoms with Crippen LogP contribution in [0.4, 0.5) is 0 Å². The molecule has 2 aliphatic carbocycles. The molecule has 4 heteroatoms. The molecule has 1 saturated carbocycles. The zero-order chi connectivity index (χ0) is 14.3. The molecule has 1 aromatic carbocycles. The topological polar surface area (TPSA) is 63.6 Å². The molecule has 20 heavy (non-hydrogen) atoms. The van der Waals surface area contributed by atoms with Crippen molar-refractivity contribution in [3.8, 4) is 5.75 Å². The normalized spacial score (nSPS) is 19.6. The van der Waals surface area contributed by atoms with Gasteiger partial charge in [-0.3, -0.25) is 4.79 Å². The summed E-state index contributed by atoms with van der Waals surface area (Å²) in [5.74, 6) is -0.224. The van der Waals surface area contributed by atoms with E-state index in [0.717, 1.165) is 16.7 Å². The minimum atomic E-state index is -1.06. The van der Waals surface area contributed by atoms with Gasteiger partial charge in [0, 0.05) is 24.8 Å². The fraction of sp³-hybridized carbons (Fsp3) is 0.375. The van der Waals surface area contributed by atoms with Gasteiger partial charge in [0.1, 0.15) is 5.75 Å². The lowest BCUT2D eigenvalue weighted by Gasteiger charge is -2.18. The van der Waals surface area contributed by atoms with Crippen LogP contribution >= 0.6 is 0 Å². The lowest BCUT2D eigenvalue weighted by molar-refractivity contribution is -0.147. The Bertz CT molecular complexity index is 623. The highest BCUT2D eigenvalue weighted by Crippen LogP contribution is 2.43. The van der Waals surface area contributed by atoms with Crippen LogP contribution < -0.4 is 4.74 Å². The average molecular weight is 272 g/mol. The number of aryl methyl sites for hydroxylation is 1. The van der Waals surface area contributed by atoms with E-state index in [1.165, 1.54) is 0 Å². The summed E-state index contributed by atoms with van der Waals surface area (Å²) in [4.78, 5) is 22.7. The molecule has 104 valence electrons. The first-order chi connectivity index (χ1) is 9.50. The van der Waals surface area contributed by atoms with E-state index in [1.54, 1.807) is 6.08 Å². The number of hydrogen-bond donors (Lipinski definition) is 1. The summed E-state index contributed by atoms with van der Waals surface area (Å²) in [6, 6.07) is 5.71. The first kappa shape index (κ1) is 12.9. The molecule has 1 N–H and O–H groups in total. The lowest BCUT2D eigenvalue weighted by Crippen LogP contribution is -2.29.